The van der Waals surface area contributed by atoms with Crippen LogP contribution in [-0.4, -0.2) is 60.5 Å². The first-order valence-electron chi connectivity index (χ1n) is 4.99. The Morgan fingerprint density at radius 2 is 1.80 bits per heavy atom. The summed E-state index contributed by atoms with van der Waals surface area (Å²) in [6, 6.07) is -0.200. The van der Waals surface area contributed by atoms with E-state index in [-0.39, 0.29) is 18.4 Å². The van der Waals surface area contributed by atoms with Crippen LogP contribution in [0.5, 0.6) is 0 Å². The lowest BCUT2D eigenvalue weighted by molar-refractivity contribution is -0.137. The molecule has 0 aromatic heterocycles. The second kappa shape index (κ2) is 6.40. The molecule has 0 rings (SSSR count). The summed E-state index contributed by atoms with van der Waals surface area (Å²) in [4.78, 5) is 25.3. The summed E-state index contributed by atoms with van der Waals surface area (Å²) in [5, 5.41) is 8.47. The number of carbonyl (C=O) groups excluding carboxylic acids is 1. The maximum absolute atomic E-state index is 11.5. The first kappa shape index (κ1) is 13.9. The van der Waals surface area contributed by atoms with Crippen molar-refractivity contribution in [2.75, 3.05) is 27.7 Å². The van der Waals surface area contributed by atoms with Gasteiger partial charge >= 0.3 is 5.97 Å². The van der Waals surface area contributed by atoms with E-state index in [1.165, 1.54) is 0 Å². The molecule has 1 amide bonds. The van der Waals surface area contributed by atoms with Crippen LogP contribution in [0.1, 0.15) is 19.8 Å². The highest BCUT2D eigenvalue weighted by molar-refractivity contribution is 5.80. The highest BCUT2D eigenvalue weighted by Crippen LogP contribution is 2.01. The third kappa shape index (κ3) is 5.37. The van der Waals surface area contributed by atoms with Crippen molar-refractivity contribution < 1.29 is 14.7 Å². The minimum atomic E-state index is -0.796. The predicted octanol–water partition coefficient (Wildman–Crippen LogP) is 0.260. The van der Waals surface area contributed by atoms with Crippen LogP contribution >= 0.6 is 0 Å². The topological polar surface area (TPSA) is 60.9 Å². The van der Waals surface area contributed by atoms with E-state index >= 15 is 0 Å². The van der Waals surface area contributed by atoms with Crippen LogP contribution in [0.25, 0.3) is 0 Å². The zero-order valence-corrected chi connectivity index (χ0v) is 9.86. The molecule has 1 unspecified atom stereocenters. The van der Waals surface area contributed by atoms with Gasteiger partial charge in [0.15, 0.2) is 0 Å². The van der Waals surface area contributed by atoms with Crippen molar-refractivity contribution in [3.63, 3.8) is 0 Å². The fourth-order valence-corrected chi connectivity index (χ4v) is 1.24. The lowest BCUT2D eigenvalue weighted by Gasteiger charge is -2.25. The third-order valence-electron chi connectivity index (χ3n) is 2.36. The van der Waals surface area contributed by atoms with E-state index in [1.54, 1.807) is 19.0 Å². The Bertz CT molecular complexity index is 229. The maximum atomic E-state index is 11.5. The van der Waals surface area contributed by atoms with Crippen LogP contribution in [0.15, 0.2) is 0 Å². The molecule has 0 aromatic rings. The number of carboxylic acid groups (broad SMARTS) is 1. The average Bonchev–Trinajstić information content (AvgIpc) is 2.14. The number of rotatable bonds is 6. The smallest absolute Gasteiger partial charge is 0.303 e. The van der Waals surface area contributed by atoms with Gasteiger partial charge in [0.25, 0.3) is 0 Å². The predicted molar refractivity (Wildman–Crippen MR) is 57.7 cm³/mol. The number of carbonyl (C=O) groups is 2. The zero-order chi connectivity index (χ0) is 12.0. The van der Waals surface area contributed by atoms with Crippen molar-refractivity contribution in [3.05, 3.63) is 0 Å². The Labute approximate surface area is 90.7 Å². The second-order valence-electron chi connectivity index (χ2n) is 3.89. The SMILES string of the molecule is CC(C(=O)N(C)C)N(C)CCCC(=O)O. The minimum Gasteiger partial charge on any atom is -0.481 e. The summed E-state index contributed by atoms with van der Waals surface area (Å²) >= 11 is 0. The van der Waals surface area contributed by atoms with Crippen LogP contribution in [0.2, 0.25) is 0 Å². The number of aliphatic carboxylic acids is 1. The second-order valence-corrected chi connectivity index (χ2v) is 3.89. The fraction of sp³-hybridized carbons (Fsp3) is 0.800. The van der Waals surface area contributed by atoms with Gasteiger partial charge in [-0.2, -0.15) is 0 Å². The van der Waals surface area contributed by atoms with Crippen LogP contribution in [0.3, 0.4) is 0 Å². The summed E-state index contributed by atoms with van der Waals surface area (Å²) in [5.41, 5.74) is 0. The number of carboxylic acids is 1. The molecule has 0 spiro atoms. The molecule has 0 saturated heterocycles. The van der Waals surface area contributed by atoms with Gasteiger partial charge in [-0.25, -0.2) is 0 Å². The maximum Gasteiger partial charge on any atom is 0.303 e. The van der Waals surface area contributed by atoms with Crippen molar-refractivity contribution in [1.29, 1.82) is 0 Å². The van der Waals surface area contributed by atoms with E-state index in [9.17, 15) is 9.59 Å². The van der Waals surface area contributed by atoms with Gasteiger partial charge in [0, 0.05) is 20.5 Å². The van der Waals surface area contributed by atoms with E-state index in [4.69, 9.17) is 5.11 Å². The lowest BCUT2D eigenvalue weighted by Crippen LogP contribution is -2.43. The summed E-state index contributed by atoms with van der Waals surface area (Å²) in [7, 11) is 5.25. The lowest BCUT2D eigenvalue weighted by atomic mass is 10.2. The van der Waals surface area contributed by atoms with Gasteiger partial charge in [0.1, 0.15) is 0 Å². The summed E-state index contributed by atoms with van der Waals surface area (Å²) < 4.78 is 0. The molecule has 1 N–H and O–H groups in total. The van der Waals surface area contributed by atoms with Crippen molar-refractivity contribution in [2.24, 2.45) is 0 Å². The largest absolute Gasteiger partial charge is 0.481 e. The van der Waals surface area contributed by atoms with E-state index < -0.39 is 5.97 Å². The summed E-state index contributed by atoms with van der Waals surface area (Å²) in [5.74, 6) is -0.761. The van der Waals surface area contributed by atoms with E-state index in [1.807, 2.05) is 18.9 Å². The van der Waals surface area contributed by atoms with Crippen molar-refractivity contribution in [2.45, 2.75) is 25.8 Å². The molecule has 0 aliphatic heterocycles. The Hall–Kier alpha value is -1.10. The quantitative estimate of drug-likeness (QED) is 0.692. The molecule has 0 aliphatic carbocycles. The van der Waals surface area contributed by atoms with Crippen LogP contribution in [-0.2, 0) is 9.59 Å². The van der Waals surface area contributed by atoms with Crippen molar-refractivity contribution in [1.82, 2.24) is 9.80 Å². The highest BCUT2D eigenvalue weighted by Gasteiger charge is 2.19. The number of hydrogen-bond donors (Lipinski definition) is 1. The molecule has 0 fully saturated rings. The highest BCUT2D eigenvalue weighted by atomic mass is 16.4. The van der Waals surface area contributed by atoms with Gasteiger partial charge in [0.05, 0.1) is 6.04 Å². The molecule has 88 valence electrons. The molecule has 1 atom stereocenters. The molecule has 0 aromatic carbocycles. The molecule has 0 bridgehead atoms. The molecule has 0 aliphatic rings. The Morgan fingerprint density at radius 1 is 1.27 bits per heavy atom. The van der Waals surface area contributed by atoms with Crippen molar-refractivity contribution in [3.8, 4) is 0 Å². The Morgan fingerprint density at radius 3 is 2.20 bits per heavy atom. The van der Waals surface area contributed by atoms with E-state index in [2.05, 4.69) is 0 Å². The molecular formula is C10H20N2O3. The molecule has 0 radical (unpaired) electrons. The summed E-state index contributed by atoms with van der Waals surface area (Å²) in [6.07, 6.45) is 0.712. The van der Waals surface area contributed by atoms with Crippen LogP contribution in [0, 0.1) is 0 Å². The molecule has 5 heteroatoms. The molecule has 15 heavy (non-hydrogen) atoms. The van der Waals surface area contributed by atoms with Gasteiger partial charge in [-0.3, -0.25) is 14.5 Å². The Balaban J connectivity index is 3.93. The number of nitrogens with zero attached hydrogens (tertiary/aromatic N) is 2. The summed E-state index contributed by atoms with van der Waals surface area (Å²) in [6.45, 7) is 2.44. The number of likely N-dealkylation sites (N-methyl/N-ethyl adjacent to an activating group) is 2. The van der Waals surface area contributed by atoms with Gasteiger partial charge in [-0.15, -0.1) is 0 Å². The average molecular weight is 216 g/mol. The van der Waals surface area contributed by atoms with Crippen LogP contribution < -0.4 is 0 Å². The van der Waals surface area contributed by atoms with Gasteiger partial charge < -0.3 is 10.0 Å². The first-order valence-corrected chi connectivity index (χ1v) is 4.99. The molecule has 0 heterocycles. The van der Waals surface area contributed by atoms with E-state index in [0.717, 1.165) is 0 Å². The normalized spacial score (nSPS) is 12.6. The molecular weight excluding hydrogens is 196 g/mol. The fourth-order valence-electron chi connectivity index (χ4n) is 1.24. The first-order chi connectivity index (χ1) is 6.86. The minimum absolute atomic E-state index is 0.0350. The standard InChI is InChI=1S/C10H20N2O3/c1-8(10(15)11(2)3)12(4)7-5-6-9(13)14/h8H,5-7H2,1-4H3,(H,13,14). The zero-order valence-electron chi connectivity index (χ0n) is 9.86. The molecule has 5 nitrogen and oxygen atoms in total. The number of hydrogen-bond acceptors (Lipinski definition) is 3. The monoisotopic (exact) mass is 216 g/mol. The Kier molecular flexibility index (Phi) is 5.93. The third-order valence-corrected chi connectivity index (χ3v) is 2.36. The van der Waals surface area contributed by atoms with Crippen molar-refractivity contribution >= 4 is 11.9 Å². The van der Waals surface area contributed by atoms with E-state index in [0.29, 0.717) is 13.0 Å². The van der Waals surface area contributed by atoms with Gasteiger partial charge in [-0.05, 0) is 26.9 Å². The number of amides is 1. The molecule has 0 saturated carbocycles. The van der Waals surface area contributed by atoms with Crippen LogP contribution in [0.4, 0.5) is 0 Å². The van der Waals surface area contributed by atoms with Gasteiger partial charge in [-0.1, -0.05) is 0 Å². The van der Waals surface area contributed by atoms with Gasteiger partial charge in [0.2, 0.25) is 5.91 Å².